The summed E-state index contributed by atoms with van der Waals surface area (Å²) in [6.07, 6.45) is 0. The second-order valence-electron chi connectivity index (χ2n) is 3.77. The van der Waals surface area contributed by atoms with Gasteiger partial charge in [-0.1, -0.05) is 12.2 Å². The highest BCUT2D eigenvalue weighted by Crippen LogP contribution is 2.19. The van der Waals surface area contributed by atoms with E-state index in [-0.39, 0.29) is 10.8 Å². The van der Waals surface area contributed by atoms with E-state index in [0.717, 1.165) is 10.6 Å². The number of rotatable bonds is 4. The van der Waals surface area contributed by atoms with Crippen LogP contribution in [0.3, 0.4) is 0 Å². The first-order chi connectivity index (χ1) is 8.58. The molecule has 18 heavy (non-hydrogen) atoms. The molecule has 0 aliphatic carbocycles. The third kappa shape index (κ3) is 2.83. The Kier molecular flexibility index (Phi) is 3.88. The zero-order valence-electron chi connectivity index (χ0n) is 9.74. The molecule has 1 heterocycles. The summed E-state index contributed by atoms with van der Waals surface area (Å²) in [6.45, 7) is 2.49. The fraction of sp³-hybridized carbons (Fsp3) is 0.167. The summed E-state index contributed by atoms with van der Waals surface area (Å²) in [4.78, 5) is 5.42. The van der Waals surface area contributed by atoms with Crippen molar-refractivity contribution in [3.63, 3.8) is 0 Å². The first-order valence-corrected chi connectivity index (χ1v) is 6.59. The van der Waals surface area contributed by atoms with Crippen molar-refractivity contribution in [2.75, 3.05) is 5.32 Å². The van der Waals surface area contributed by atoms with E-state index in [4.69, 9.17) is 18.0 Å². The lowest BCUT2D eigenvalue weighted by molar-refractivity contribution is 0.630. The maximum atomic E-state index is 13.7. The third-order valence-corrected chi connectivity index (χ3v) is 3.71. The van der Waals surface area contributed by atoms with Gasteiger partial charge in [0.25, 0.3) is 0 Å². The number of hydrogen-bond donors (Lipinski definition) is 2. The van der Waals surface area contributed by atoms with Crippen molar-refractivity contribution in [2.45, 2.75) is 13.5 Å². The van der Waals surface area contributed by atoms with Crippen LogP contribution in [0.4, 0.5) is 10.1 Å². The molecule has 0 aliphatic heterocycles. The van der Waals surface area contributed by atoms with Gasteiger partial charge in [-0.2, -0.15) is 0 Å². The second-order valence-corrected chi connectivity index (χ2v) is 5.15. The van der Waals surface area contributed by atoms with Gasteiger partial charge in [-0.25, -0.2) is 9.37 Å². The van der Waals surface area contributed by atoms with Crippen molar-refractivity contribution >= 4 is 34.2 Å². The van der Waals surface area contributed by atoms with E-state index in [1.165, 1.54) is 6.07 Å². The molecule has 0 amide bonds. The van der Waals surface area contributed by atoms with Gasteiger partial charge in [0.2, 0.25) is 0 Å². The molecular formula is C12H12FN3S2. The first-order valence-electron chi connectivity index (χ1n) is 5.30. The summed E-state index contributed by atoms with van der Waals surface area (Å²) < 4.78 is 13.7. The largest absolute Gasteiger partial charge is 0.389 e. The first kappa shape index (κ1) is 12.9. The molecule has 3 nitrogen and oxygen atoms in total. The second kappa shape index (κ2) is 5.41. The number of nitrogens with one attached hydrogen (secondary N) is 1. The summed E-state index contributed by atoms with van der Waals surface area (Å²) >= 11 is 6.34. The van der Waals surface area contributed by atoms with Gasteiger partial charge in [0.15, 0.2) is 0 Å². The molecule has 2 rings (SSSR count). The Balaban J connectivity index is 2.11. The molecule has 0 bridgehead atoms. The average molecular weight is 281 g/mol. The zero-order valence-corrected chi connectivity index (χ0v) is 11.4. The minimum Gasteiger partial charge on any atom is -0.389 e. The van der Waals surface area contributed by atoms with E-state index >= 15 is 0 Å². The van der Waals surface area contributed by atoms with Gasteiger partial charge >= 0.3 is 0 Å². The molecule has 1 aromatic carbocycles. The monoisotopic (exact) mass is 281 g/mol. The highest BCUT2D eigenvalue weighted by Gasteiger charge is 2.06. The topological polar surface area (TPSA) is 50.9 Å². The lowest BCUT2D eigenvalue weighted by atomic mass is 10.2. The van der Waals surface area contributed by atoms with E-state index in [0.29, 0.717) is 17.8 Å². The highest BCUT2D eigenvalue weighted by atomic mass is 32.1. The maximum Gasteiger partial charge on any atom is 0.146 e. The van der Waals surface area contributed by atoms with Crippen LogP contribution >= 0.6 is 23.6 Å². The molecule has 0 spiro atoms. The molecule has 0 fully saturated rings. The Morgan fingerprint density at radius 2 is 2.33 bits per heavy atom. The zero-order chi connectivity index (χ0) is 13.1. The lowest BCUT2D eigenvalue weighted by Gasteiger charge is -2.08. The number of anilines is 1. The van der Waals surface area contributed by atoms with E-state index in [9.17, 15) is 4.39 Å². The fourth-order valence-corrected chi connectivity index (χ4v) is 2.33. The molecule has 0 unspecified atom stereocenters. The Morgan fingerprint density at radius 3 is 2.89 bits per heavy atom. The smallest absolute Gasteiger partial charge is 0.146 e. The van der Waals surface area contributed by atoms with Gasteiger partial charge in [-0.05, 0) is 25.1 Å². The molecule has 3 N–H and O–H groups in total. The predicted octanol–water partition coefficient (Wildman–Crippen LogP) is 2.84. The van der Waals surface area contributed by atoms with Crippen LogP contribution in [0.2, 0.25) is 0 Å². The van der Waals surface area contributed by atoms with E-state index in [1.807, 2.05) is 6.92 Å². The van der Waals surface area contributed by atoms with E-state index < -0.39 is 0 Å². The minimum absolute atomic E-state index is 0.193. The van der Waals surface area contributed by atoms with Crippen molar-refractivity contribution < 1.29 is 4.39 Å². The van der Waals surface area contributed by atoms with Crippen molar-refractivity contribution in [3.05, 3.63) is 45.7 Å². The Morgan fingerprint density at radius 1 is 1.56 bits per heavy atom. The van der Waals surface area contributed by atoms with Gasteiger partial charge in [-0.3, -0.25) is 0 Å². The van der Waals surface area contributed by atoms with Crippen molar-refractivity contribution in [1.82, 2.24) is 4.98 Å². The summed E-state index contributed by atoms with van der Waals surface area (Å²) in [7, 11) is 0. The molecular weight excluding hydrogens is 269 g/mol. The van der Waals surface area contributed by atoms with Gasteiger partial charge in [0, 0.05) is 10.4 Å². The summed E-state index contributed by atoms with van der Waals surface area (Å²) in [5.74, 6) is -0.359. The summed E-state index contributed by atoms with van der Waals surface area (Å²) in [5.41, 5.74) is 9.15. The number of aromatic nitrogens is 1. The molecule has 2 aromatic rings. The number of hydrogen-bond acceptors (Lipinski definition) is 4. The summed E-state index contributed by atoms with van der Waals surface area (Å²) in [6, 6.07) is 4.68. The Labute approximate surface area is 114 Å². The van der Waals surface area contributed by atoms with Crippen LogP contribution in [0.25, 0.3) is 0 Å². The molecule has 6 heteroatoms. The Bertz CT molecular complexity index is 580. The standard InChI is InChI=1S/C12H12FN3S2/c1-7-11(18-6-16-7)5-15-10-3-2-8(12(14)17)4-9(10)13/h2-4,6,15H,5H2,1H3,(H2,14,17). The van der Waals surface area contributed by atoms with Gasteiger partial charge in [0.05, 0.1) is 23.4 Å². The highest BCUT2D eigenvalue weighted by molar-refractivity contribution is 7.80. The number of benzene rings is 1. The Hall–Kier alpha value is -1.53. The van der Waals surface area contributed by atoms with Crippen LogP contribution < -0.4 is 11.1 Å². The maximum absolute atomic E-state index is 13.7. The lowest BCUT2D eigenvalue weighted by Crippen LogP contribution is -2.10. The van der Waals surface area contributed by atoms with Crippen LogP contribution in [0.5, 0.6) is 0 Å². The fourth-order valence-electron chi connectivity index (χ4n) is 1.48. The van der Waals surface area contributed by atoms with Gasteiger partial charge < -0.3 is 11.1 Å². The number of thiazole rings is 1. The average Bonchev–Trinajstić information content (AvgIpc) is 2.73. The molecule has 0 aliphatic rings. The molecule has 0 saturated heterocycles. The van der Waals surface area contributed by atoms with Crippen molar-refractivity contribution in [3.8, 4) is 0 Å². The number of aryl methyl sites for hydroxylation is 1. The van der Waals surface area contributed by atoms with Crippen molar-refractivity contribution in [2.24, 2.45) is 5.73 Å². The van der Waals surface area contributed by atoms with Crippen LogP contribution in [-0.2, 0) is 6.54 Å². The van der Waals surface area contributed by atoms with Crippen LogP contribution in [-0.4, -0.2) is 9.97 Å². The molecule has 0 atom stereocenters. The third-order valence-electron chi connectivity index (χ3n) is 2.54. The van der Waals surface area contributed by atoms with E-state index in [1.54, 1.807) is 29.0 Å². The van der Waals surface area contributed by atoms with Gasteiger partial charge in [-0.15, -0.1) is 11.3 Å². The van der Waals surface area contributed by atoms with Gasteiger partial charge in [0.1, 0.15) is 10.8 Å². The number of halogens is 1. The predicted molar refractivity (Wildman–Crippen MR) is 76.5 cm³/mol. The molecule has 0 saturated carbocycles. The van der Waals surface area contributed by atoms with Crippen LogP contribution in [0.1, 0.15) is 16.1 Å². The number of thiocarbonyl (C=S) groups is 1. The molecule has 1 aromatic heterocycles. The SMILES string of the molecule is Cc1ncsc1CNc1ccc(C(N)=S)cc1F. The number of nitrogens with zero attached hydrogens (tertiary/aromatic N) is 1. The molecule has 94 valence electrons. The van der Waals surface area contributed by atoms with Crippen LogP contribution in [0.15, 0.2) is 23.7 Å². The normalized spacial score (nSPS) is 10.3. The molecule has 0 radical (unpaired) electrons. The van der Waals surface area contributed by atoms with Crippen molar-refractivity contribution in [1.29, 1.82) is 0 Å². The summed E-state index contributed by atoms with van der Waals surface area (Å²) in [5, 5.41) is 3.03. The number of nitrogens with two attached hydrogens (primary N) is 1. The quantitative estimate of drug-likeness (QED) is 0.846. The van der Waals surface area contributed by atoms with E-state index in [2.05, 4.69) is 10.3 Å². The van der Waals surface area contributed by atoms with Crippen LogP contribution in [0, 0.1) is 12.7 Å². The minimum atomic E-state index is -0.359.